The summed E-state index contributed by atoms with van der Waals surface area (Å²) in [5.41, 5.74) is 1.92. The Balaban J connectivity index is 1.99. The van der Waals surface area contributed by atoms with Crippen molar-refractivity contribution in [1.82, 2.24) is 15.0 Å². The van der Waals surface area contributed by atoms with Gasteiger partial charge in [-0.25, -0.2) is 15.0 Å². The molecule has 0 aliphatic carbocycles. The van der Waals surface area contributed by atoms with Crippen LogP contribution in [0.5, 0.6) is 0 Å². The number of benzene rings is 1. The lowest BCUT2D eigenvalue weighted by atomic mass is 9.97. The van der Waals surface area contributed by atoms with Gasteiger partial charge in [-0.15, -0.1) is 0 Å². The van der Waals surface area contributed by atoms with Gasteiger partial charge in [-0.3, -0.25) is 10.1 Å². The molecular weight excluding hydrogens is 344 g/mol. The number of fused-ring (bicyclic) bond motifs is 1. The van der Waals surface area contributed by atoms with Gasteiger partial charge in [0.15, 0.2) is 5.82 Å². The van der Waals surface area contributed by atoms with E-state index in [1.165, 1.54) is 6.07 Å². The maximum atomic E-state index is 11.2. The number of pyridine rings is 1. The summed E-state index contributed by atoms with van der Waals surface area (Å²) in [6.07, 6.45) is 1.69. The fraction of sp³-hybridized carbons (Fsp3) is 0.316. The first-order valence-electron chi connectivity index (χ1n) is 8.62. The Morgan fingerprint density at radius 3 is 2.63 bits per heavy atom. The van der Waals surface area contributed by atoms with Crippen LogP contribution < -0.4 is 10.6 Å². The van der Waals surface area contributed by atoms with E-state index in [1.54, 1.807) is 24.4 Å². The minimum Gasteiger partial charge on any atom is -0.368 e. The van der Waals surface area contributed by atoms with Crippen molar-refractivity contribution in [2.45, 2.75) is 27.7 Å². The van der Waals surface area contributed by atoms with E-state index in [2.05, 4.69) is 46.4 Å². The second-order valence-electron chi connectivity index (χ2n) is 7.56. The van der Waals surface area contributed by atoms with Gasteiger partial charge >= 0.3 is 0 Å². The van der Waals surface area contributed by atoms with Crippen molar-refractivity contribution in [1.29, 1.82) is 0 Å². The van der Waals surface area contributed by atoms with Crippen molar-refractivity contribution in [2.75, 3.05) is 17.2 Å². The lowest BCUT2D eigenvalue weighted by molar-refractivity contribution is -0.383. The monoisotopic (exact) mass is 366 g/mol. The van der Waals surface area contributed by atoms with Crippen LogP contribution in [0.1, 0.15) is 26.5 Å². The highest BCUT2D eigenvalue weighted by Gasteiger charge is 2.16. The van der Waals surface area contributed by atoms with Crippen LogP contribution in [0.15, 0.2) is 36.5 Å². The normalized spacial score (nSPS) is 11.4. The van der Waals surface area contributed by atoms with Gasteiger partial charge in [0.25, 0.3) is 5.69 Å². The highest BCUT2D eigenvalue weighted by Crippen LogP contribution is 2.28. The Hall–Kier alpha value is -3.29. The van der Waals surface area contributed by atoms with Gasteiger partial charge < -0.3 is 10.6 Å². The van der Waals surface area contributed by atoms with Crippen molar-refractivity contribution in [3.8, 4) is 0 Å². The minimum absolute atomic E-state index is 0.0330. The molecule has 0 aliphatic rings. The molecule has 0 aliphatic heterocycles. The summed E-state index contributed by atoms with van der Waals surface area (Å²) in [5, 5.41) is 18.3. The van der Waals surface area contributed by atoms with Crippen molar-refractivity contribution in [3.05, 3.63) is 52.3 Å². The molecule has 3 aromatic rings. The lowest BCUT2D eigenvalue weighted by Crippen LogP contribution is -2.20. The van der Waals surface area contributed by atoms with E-state index < -0.39 is 4.92 Å². The van der Waals surface area contributed by atoms with E-state index >= 15 is 0 Å². The molecule has 140 valence electrons. The third kappa shape index (κ3) is 4.46. The van der Waals surface area contributed by atoms with Gasteiger partial charge in [-0.05, 0) is 24.5 Å². The van der Waals surface area contributed by atoms with Gasteiger partial charge in [0.05, 0.1) is 4.92 Å². The number of hydrogen-bond donors (Lipinski definition) is 2. The number of aryl methyl sites for hydroxylation is 1. The highest BCUT2D eigenvalue weighted by molar-refractivity contribution is 5.89. The molecule has 0 radical (unpaired) electrons. The van der Waals surface area contributed by atoms with E-state index in [1.807, 2.05) is 13.0 Å². The molecule has 2 heterocycles. The molecule has 0 atom stereocenters. The molecule has 0 unspecified atom stereocenters. The quantitative estimate of drug-likeness (QED) is 0.508. The van der Waals surface area contributed by atoms with Crippen LogP contribution in [-0.4, -0.2) is 26.4 Å². The second-order valence-corrected chi connectivity index (χ2v) is 7.56. The first kappa shape index (κ1) is 18.5. The summed E-state index contributed by atoms with van der Waals surface area (Å²) >= 11 is 0. The molecule has 0 bridgehead atoms. The molecule has 0 amide bonds. The number of para-hydroxylation sites is 2. The molecule has 8 heteroatoms. The zero-order valence-corrected chi connectivity index (χ0v) is 15.8. The Bertz CT molecular complexity index is 997. The van der Waals surface area contributed by atoms with E-state index in [4.69, 9.17) is 0 Å². The summed E-state index contributed by atoms with van der Waals surface area (Å²) in [4.78, 5) is 24.2. The van der Waals surface area contributed by atoms with E-state index in [9.17, 15) is 10.1 Å². The molecule has 2 aromatic heterocycles. The average molecular weight is 366 g/mol. The standard InChI is InChI=1S/C19H22N6O2/c1-12-9-13-10-20-18(23-14-7-5-6-8-15(14)25(26)27)24-16(13)17(22-12)21-11-19(2,3)4/h5-10H,11H2,1-4H3,(H,21,22)(H,20,23,24). The second kappa shape index (κ2) is 7.14. The molecule has 0 spiro atoms. The molecule has 27 heavy (non-hydrogen) atoms. The van der Waals surface area contributed by atoms with Crippen LogP contribution in [0.3, 0.4) is 0 Å². The molecule has 3 rings (SSSR count). The SMILES string of the molecule is Cc1cc2cnc(Nc3ccccc3[N+](=O)[O-])nc2c(NCC(C)(C)C)n1. The van der Waals surface area contributed by atoms with Crippen molar-refractivity contribution >= 4 is 34.0 Å². The van der Waals surface area contributed by atoms with Crippen molar-refractivity contribution in [2.24, 2.45) is 5.41 Å². The van der Waals surface area contributed by atoms with Crippen LogP contribution in [0.4, 0.5) is 23.1 Å². The van der Waals surface area contributed by atoms with Crippen LogP contribution in [0, 0.1) is 22.5 Å². The maximum absolute atomic E-state index is 11.2. The van der Waals surface area contributed by atoms with Gasteiger partial charge in [-0.1, -0.05) is 32.9 Å². The molecule has 2 N–H and O–H groups in total. The first-order chi connectivity index (χ1) is 12.7. The van der Waals surface area contributed by atoms with Gasteiger partial charge in [0, 0.05) is 29.9 Å². The average Bonchev–Trinajstić information content (AvgIpc) is 2.59. The fourth-order valence-corrected chi connectivity index (χ4v) is 2.56. The summed E-state index contributed by atoms with van der Waals surface area (Å²) < 4.78 is 0. The largest absolute Gasteiger partial charge is 0.368 e. The third-order valence-corrected chi connectivity index (χ3v) is 3.83. The number of nitrogens with one attached hydrogen (secondary N) is 2. The van der Waals surface area contributed by atoms with Gasteiger partial charge in [-0.2, -0.15) is 0 Å². The van der Waals surface area contributed by atoms with E-state index in [0.717, 1.165) is 17.6 Å². The van der Waals surface area contributed by atoms with Crippen LogP contribution in [0.25, 0.3) is 10.9 Å². The smallest absolute Gasteiger partial charge is 0.292 e. The number of hydrogen-bond acceptors (Lipinski definition) is 7. The maximum Gasteiger partial charge on any atom is 0.292 e. The van der Waals surface area contributed by atoms with Crippen LogP contribution in [0.2, 0.25) is 0 Å². The molecule has 0 saturated heterocycles. The topological polar surface area (TPSA) is 106 Å². The number of nitro groups is 1. The molecule has 1 aromatic carbocycles. The fourth-order valence-electron chi connectivity index (χ4n) is 2.56. The first-order valence-corrected chi connectivity index (χ1v) is 8.62. The molecule has 0 saturated carbocycles. The molecule has 0 fully saturated rings. The summed E-state index contributed by atoms with van der Waals surface area (Å²) in [6.45, 7) is 9.05. The Morgan fingerprint density at radius 2 is 1.93 bits per heavy atom. The molecule has 8 nitrogen and oxygen atoms in total. The number of nitro benzene ring substituents is 1. The number of anilines is 3. The van der Waals surface area contributed by atoms with Crippen LogP contribution in [-0.2, 0) is 0 Å². The Morgan fingerprint density at radius 1 is 1.19 bits per heavy atom. The predicted molar refractivity (Wildman–Crippen MR) is 106 cm³/mol. The zero-order valence-electron chi connectivity index (χ0n) is 15.8. The Kier molecular flexibility index (Phi) is 4.89. The Labute approximate surface area is 157 Å². The minimum atomic E-state index is -0.440. The zero-order chi connectivity index (χ0) is 19.6. The highest BCUT2D eigenvalue weighted by atomic mass is 16.6. The van der Waals surface area contributed by atoms with Crippen molar-refractivity contribution in [3.63, 3.8) is 0 Å². The van der Waals surface area contributed by atoms with E-state index in [0.29, 0.717) is 17.0 Å². The van der Waals surface area contributed by atoms with Gasteiger partial charge in [0.1, 0.15) is 11.2 Å². The predicted octanol–water partition coefficient (Wildman–Crippen LogP) is 4.44. The van der Waals surface area contributed by atoms with Gasteiger partial charge in [0.2, 0.25) is 5.95 Å². The lowest BCUT2D eigenvalue weighted by Gasteiger charge is -2.20. The number of aromatic nitrogens is 3. The summed E-state index contributed by atoms with van der Waals surface area (Å²) in [5.74, 6) is 0.953. The summed E-state index contributed by atoms with van der Waals surface area (Å²) in [7, 11) is 0. The third-order valence-electron chi connectivity index (χ3n) is 3.83. The summed E-state index contributed by atoms with van der Waals surface area (Å²) in [6, 6.07) is 8.30. The number of nitrogens with zero attached hydrogens (tertiary/aromatic N) is 4. The molecular formula is C19H22N6O2. The van der Waals surface area contributed by atoms with E-state index in [-0.39, 0.29) is 17.1 Å². The van der Waals surface area contributed by atoms with Crippen molar-refractivity contribution < 1.29 is 4.92 Å². The van der Waals surface area contributed by atoms with Crippen LogP contribution >= 0.6 is 0 Å². The number of rotatable bonds is 5.